The van der Waals surface area contributed by atoms with Gasteiger partial charge >= 0.3 is 0 Å². The van der Waals surface area contributed by atoms with Gasteiger partial charge in [-0.05, 0) is 6.07 Å². The molecule has 3 rings (SSSR count). The molecule has 2 heterocycles. The number of non-ortho nitro benzene ring substituents is 1. The van der Waals surface area contributed by atoms with Crippen LogP contribution < -0.4 is 10.2 Å². The molecule has 1 aromatic heterocycles. The van der Waals surface area contributed by atoms with E-state index in [1.165, 1.54) is 18.5 Å². The molecule has 0 amide bonds. The Labute approximate surface area is 109 Å². The van der Waals surface area contributed by atoms with Crippen LogP contribution in [0.1, 0.15) is 0 Å². The van der Waals surface area contributed by atoms with Gasteiger partial charge < -0.3 is 10.2 Å². The number of nitrogens with one attached hydrogen (secondary N) is 1. The van der Waals surface area contributed by atoms with E-state index >= 15 is 0 Å². The average molecular weight is 259 g/mol. The number of anilines is 1. The molecule has 0 spiro atoms. The summed E-state index contributed by atoms with van der Waals surface area (Å²) >= 11 is 0. The van der Waals surface area contributed by atoms with Gasteiger partial charge in [0, 0.05) is 43.7 Å². The molecular formula is C12H13N5O2. The summed E-state index contributed by atoms with van der Waals surface area (Å²) in [5, 5.41) is 14.9. The van der Waals surface area contributed by atoms with Crippen molar-refractivity contribution in [2.45, 2.75) is 0 Å². The van der Waals surface area contributed by atoms with Crippen LogP contribution in [0.5, 0.6) is 0 Å². The fourth-order valence-electron chi connectivity index (χ4n) is 2.27. The molecule has 1 fully saturated rings. The summed E-state index contributed by atoms with van der Waals surface area (Å²) in [7, 11) is 0. The fourth-order valence-corrected chi connectivity index (χ4v) is 2.27. The Morgan fingerprint density at radius 3 is 2.79 bits per heavy atom. The molecule has 19 heavy (non-hydrogen) atoms. The van der Waals surface area contributed by atoms with E-state index in [4.69, 9.17) is 0 Å². The zero-order valence-electron chi connectivity index (χ0n) is 10.2. The smallest absolute Gasteiger partial charge is 0.271 e. The maximum absolute atomic E-state index is 10.8. The van der Waals surface area contributed by atoms with Crippen LogP contribution in [-0.4, -0.2) is 41.1 Å². The molecule has 98 valence electrons. The molecule has 7 nitrogen and oxygen atoms in total. The van der Waals surface area contributed by atoms with E-state index in [0.717, 1.165) is 37.4 Å². The van der Waals surface area contributed by atoms with Crippen LogP contribution in [-0.2, 0) is 0 Å². The van der Waals surface area contributed by atoms with Gasteiger partial charge in [0.05, 0.1) is 10.4 Å². The predicted molar refractivity (Wildman–Crippen MR) is 71.3 cm³/mol. The molecule has 0 unspecified atom stereocenters. The lowest BCUT2D eigenvalue weighted by atomic mass is 10.2. The van der Waals surface area contributed by atoms with Gasteiger partial charge in [-0.15, -0.1) is 0 Å². The molecule has 0 radical (unpaired) electrons. The average Bonchev–Trinajstić information content (AvgIpc) is 2.47. The van der Waals surface area contributed by atoms with Crippen molar-refractivity contribution >= 4 is 22.4 Å². The lowest BCUT2D eigenvalue weighted by molar-refractivity contribution is -0.384. The molecular weight excluding hydrogens is 246 g/mol. The van der Waals surface area contributed by atoms with Crippen LogP contribution in [0.3, 0.4) is 0 Å². The molecule has 1 saturated heterocycles. The normalized spacial score (nSPS) is 15.7. The van der Waals surface area contributed by atoms with Crippen LogP contribution in [0.25, 0.3) is 10.9 Å². The van der Waals surface area contributed by atoms with E-state index in [9.17, 15) is 10.1 Å². The second kappa shape index (κ2) is 4.77. The van der Waals surface area contributed by atoms with Crippen molar-refractivity contribution in [2.75, 3.05) is 31.1 Å². The number of fused-ring (bicyclic) bond motifs is 1. The first kappa shape index (κ1) is 11.8. The first-order valence-corrected chi connectivity index (χ1v) is 6.10. The monoisotopic (exact) mass is 259 g/mol. The van der Waals surface area contributed by atoms with Crippen LogP contribution in [0.15, 0.2) is 24.5 Å². The van der Waals surface area contributed by atoms with E-state index in [0.29, 0.717) is 5.52 Å². The van der Waals surface area contributed by atoms with Gasteiger partial charge in [-0.25, -0.2) is 9.97 Å². The summed E-state index contributed by atoms with van der Waals surface area (Å²) in [6.07, 6.45) is 1.46. The Hall–Kier alpha value is -2.28. The third-order valence-corrected chi connectivity index (χ3v) is 3.23. The molecule has 2 aromatic rings. The van der Waals surface area contributed by atoms with Crippen molar-refractivity contribution in [3.8, 4) is 0 Å². The zero-order chi connectivity index (χ0) is 13.2. The van der Waals surface area contributed by atoms with E-state index in [1.807, 2.05) is 0 Å². The second-order valence-corrected chi connectivity index (χ2v) is 4.39. The summed E-state index contributed by atoms with van der Waals surface area (Å²) in [5.41, 5.74) is 0.662. The lowest BCUT2D eigenvalue weighted by Gasteiger charge is -2.29. The number of nitro benzene ring substituents is 1. The largest absolute Gasteiger partial charge is 0.353 e. The molecule has 1 aliphatic heterocycles. The van der Waals surface area contributed by atoms with Gasteiger partial charge in [0.25, 0.3) is 5.69 Å². The van der Waals surface area contributed by atoms with Gasteiger partial charge in [-0.1, -0.05) is 0 Å². The standard InChI is InChI=1S/C12H13N5O2/c18-17(19)9-1-2-10-11(7-9)14-8-15-12(10)16-5-3-13-4-6-16/h1-2,7-8,13H,3-6H2. The van der Waals surface area contributed by atoms with E-state index in [1.54, 1.807) is 6.07 Å². The topological polar surface area (TPSA) is 84.2 Å². The summed E-state index contributed by atoms with van der Waals surface area (Å²) < 4.78 is 0. The van der Waals surface area contributed by atoms with Crippen LogP contribution >= 0.6 is 0 Å². The molecule has 7 heteroatoms. The van der Waals surface area contributed by atoms with Crippen molar-refractivity contribution in [3.05, 3.63) is 34.6 Å². The molecule has 0 bridgehead atoms. The van der Waals surface area contributed by atoms with Crippen LogP contribution in [0.4, 0.5) is 11.5 Å². The Morgan fingerprint density at radius 2 is 2.05 bits per heavy atom. The lowest BCUT2D eigenvalue weighted by Crippen LogP contribution is -2.44. The summed E-state index contributed by atoms with van der Waals surface area (Å²) in [6, 6.07) is 4.71. The highest BCUT2D eigenvalue weighted by Crippen LogP contribution is 2.26. The number of nitrogens with zero attached hydrogens (tertiary/aromatic N) is 4. The molecule has 1 aromatic carbocycles. The van der Waals surface area contributed by atoms with Crippen molar-refractivity contribution in [1.29, 1.82) is 0 Å². The van der Waals surface area contributed by atoms with Crippen LogP contribution in [0.2, 0.25) is 0 Å². The zero-order valence-corrected chi connectivity index (χ0v) is 10.2. The summed E-state index contributed by atoms with van der Waals surface area (Å²) in [6.45, 7) is 3.59. The molecule has 0 saturated carbocycles. The minimum absolute atomic E-state index is 0.0532. The van der Waals surface area contributed by atoms with Gasteiger partial charge in [0.15, 0.2) is 0 Å². The predicted octanol–water partition coefficient (Wildman–Crippen LogP) is 0.948. The number of hydrogen-bond acceptors (Lipinski definition) is 6. The van der Waals surface area contributed by atoms with Crippen molar-refractivity contribution < 1.29 is 4.92 Å². The molecule has 0 atom stereocenters. The Balaban J connectivity index is 2.07. The number of hydrogen-bond donors (Lipinski definition) is 1. The molecule has 0 aliphatic carbocycles. The highest BCUT2D eigenvalue weighted by Gasteiger charge is 2.16. The summed E-state index contributed by atoms with van der Waals surface area (Å²) in [4.78, 5) is 21.0. The highest BCUT2D eigenvalue weighted by molar-refractivity contribution is 5.90. The minimum atomic E-state index is -0.411. The van der Waals surface area contributed by atoms with Crippen LogP contribution in [0, 0.1) is 10.1 Å². The number of rotatable bonds is 2. The minimum Gasteiger partial charge on any atom is -0.353 e. The summed E-state index contributed by atoms with van der Waals surface area (Å²) in [5.74, 6) is 0.849. The Morgan fingerprint density at radius 1 is 1.26 bits per heavy atom. The Kier molecular flexibility index (Phi) is 2.96. The van der Waals surface area contributed by atoms with Gasteiger partial charge in [-0.3, -0.25) is 10.1 Å². The van der Waals surface area contributed by atoms with E-state index in [2.05, 4.69) is 20.2 Å². The van der Waals surface area contributed by atoms with Crippen molar-refractivity contribution in [2.24, 2.45) is 0 Å². The highest BCUT2D eigenvalue weighted by atomic mass is 16.6. The first-order chi connectivity index (χ1) is 9.25. The van der Waals surface area contributed by atoms with E-state index < -0.39 is 4.92 Å². The molecule has 1 aliphatic rings. The maximum Gasteiger partial charge on any atom is 0.271 e. The number of piperazine rings is 1. The third kappa shape index (κ3) is 2.19. The third-order valence-electron chi connectivity index (χ3n) is 3.23. The second-order valence-electron chi connectivity index (χ2n) is 4.39. The number of nitro groups is 1. The van der Waals surface area contributed by atoms with Gasteiger partial charge in [0.2, 0.25) is 0 Å². The van der Waals surface area contributed by atoms with Gasteiger partial charge in [0.1, 0.15) is 12.1 Å². The number of benzene rings is 1. The SMILES string of the molecule is O=[N+]([O-])c1ccc2c(N3CCNCC3)ncnc2c1. The van der Waals surface area contributed by atoms with Crippen molar-refractivity contribution in [1.82, 2.24) is 15.3 Å². The molecule has 1 N–H and O–H groups in total. The van der Waals surface area contributed by atoms with E-state index in [-0.39, 0.29) is 5.69 Å². The van der Waals surface area contributed by atoms with Crippen molar-refractivity contribution in [3.63, 3.8) is 0 Å². The first-order valence-electron chi connectivity index (χ1n) is 6.10. The fraction of sp³-hybridized carbons (Fsp3) is 0.333. The Bertz CT molecular complexity index is 625. The van der Waals surface area contributed by atoms with Gasteiger partial charge in [-0.2, -0.15) is 0 Å². The maximum atomic E-state index is 10.8. The quantitative estimate of drug-likeness (QED) is 0.638. The number of aromatic nitrogens is 2.